The van der Waals surface area contributed by atoms with Crippen LogP contribution in [0.25, 0.3) is 0 Å². The fourth-order valence-corrected chi connectivity index (χ4v) is 1.56. The molecule has 1 atom stereocenters. The number of nitrogens with two attached hydrogens (primary N) is 1. The van der Waals surface area contributed by atoms with Gasteiger partial charge in [0.1, 0.15) is 0 Å². The second-order valence-corrected chi connectivity index (χ2v) is 4.16. The lowest BCUT2D eigenvalue weighted by Crippen LogP contribution is -2.20. The van der Waals surface area contributed by atoms with Crippen LogP contribution in [0, 0.1) is 5.41 Å². The van der Waals surface area contributed by atoms with Crippen molar-refractivity contribution in [3.8, 4) is 0 Å². The Morgan fingerprint density at radius 3 is 2.59 bits per heavy atom. The number of hydrogen-bond acceptors (Lipinski definition) is 2. The van der Waals surface area contributed by atoms with Crippen molar-refractivity contribution >= 4 is 5.71 Å². The van der Waals surface area contributed by atoms with Crippen LogP contribution >= 0.6 is 0 Å². The van der Waals surface area contributed by atoms with E-state index in [0.717, 1.165) is 12.1 Å². The van der Waals surface area contributed by atoms with Crippen LogP contribution in [0.2, 0.25) is 0 Å². The molecular weight excluding hydrogens is 229 g/mol. The van der Waals surface area contributed by atoms with E-state index in [2.05, 4.69) is 0 Å². The topological polar surface area (TPSA) is 49.9 Å². The zero-order chi connectivity index (χ0) is 13.1. The smallest absolute Gasteiger partial charge is 0.328 e. The number of rotatable bonds is 4. The number of alkyl halides is 3. The molecule has 5 heteroatoms. The van der Waals surface area contributed by atoms with Crippen molar-refractivity contribution in [2.75, 3.05) is 0 Å². The van der Waals surface area contributed by atoms with Gasteiger partial charge < -0.3 is 11.1 Å². The maximum absolute atomic E-state index is 12.4. The van der Waals surface area contributed by atoms with E-state index in [1.54, 1.807) is 13.0 Å². The average Bonchev–Trinajstić information content (AvgIpc) is 2.15. The van der Waals surface area contributed by atoms with Gasteiger partial charge in [0.05, 0.1) is 5.56 Å². The van der Waals surface area contributed by atoms with Gasteiger partial charge >= 0.3 is 6.18 Å². The Labute approximate surface area is 98.1 Å². The first-order valence-electron chi connectivity index (χ1n) is 5.27. The van der Waals surface area contributed by atoms with Crippen LogP contribution in [-0.2, 0) is 12.6 Å². The molecule has 0 fully saturated rings. The van der Waals surface area contributed by atoms with E-state index in [-0.39, 0.29) is 12.5 Å². The molecule has 0 aliphatic rings. The molecule has 3 N–H and O–H groups in total. The molecule has 0 saturated heterocycles. The predicted molar refractivity (Wildman–Crippen MR) is 61.1 cm³/mol. The largest absolute Gasteiger partial charge is 0.416 e. The Morgan fingerprint density at radius 2 is 2.06 bits per heavy atom. The summed E-state index contributed by atoms with van der Waals surface area (Å²) in [6.07, 6.45) is -3.72. The molecule has 2 nitrogen and oxygen atoms in total. The minimum absolute atomic E-state index is 0.145. The molecule has 0 aliphatic heterocycles. The highest BCUT2D eigenvalue weighted by molar-refractivity contribution is 5.84. The number of hydrogen-bond donors (Lipinski definition) is 2. The van der Waals surface area contributed by atoms with Crippen LogP contribution in [0.3, 0.4) is 0 Å². The van der Waals surface area contributed by atoms with E-state index in [1.165, 1.54) is 6.07 Å². The summed E-state index contributed by atoms with van der Waals surface area (Å²) in [5.74, 6) is 0. The summed E-state index contributed by atoms with van der Waals surface area (Å²) in [5.41, 5.74) is 5.69. The van der Waals surface area contributed by atoms with Gasteiger partial charge in [0.2, 0.25) is 0 Å². The molecule has 1 rings (SSSR count). The third-order valence-corrected chi connectivity index (χ3v) is 2.24. The lowest BCUT2D eigenvalue weighted by molar-refractivity contribution is -0.137. The lowest BCUT2D eigenvalue weighted by atomic mass is 10.0. The van der Waals surface area contributed by atoms with Gasteiger partial charge in [0.25, 0.3) is 0 Å². The van der Waals surface area contributed by atoms with Gasteiger partial charge in [-0.15, -0.1) is 0 Å². The summed E-state index contributed by atoms with van der Waals surface area (Å²) < 4.78 is 37.3. The average molecular weight is 244 g/mol. The molecule has 1 aromatic carbocycles. The van der Waals surface area contributed by atoms with E-state index in [9.17, 15) is 13.2 Å². The molecule has 94 valence electrons. The highest BCUT2D eigenvalue weighted by atomic mass is 19.4. The van der Waals surface area contributed by atoms with Gasteiger partial charge in [-0.2, -0.15) is 13.2 Å². The molecular formula is C12H15F3N2. The van der Waals surface area contributed by atoms with Crippen molar-refractivity contribution in [3.63, 3.8) is 0 Å². The molecule has 0 saturated carbocycles. The normalized spacial score (nSPS) is 13.5. The SMILES string of the molecule is C[C@H](N)CC(=N)Cc1cccc(C(F)(F)F)c1. The minimum Gasteiger partial charge on any atom is -0.328 e. The number of nitrogens with one attached hydrogen (secondary N) is 1. The second kappa shape index (κ2) is 5.31. The Hall–Kier alpha value is -1.36. The lowest BCUT2D eigenvalue weighted by Gasteiger charge is -2.10. The third kappa shape index (κ3) is 4.56. The summed E-state index contributed by atoms with van der Waals surface area (Å²) in [7, 11) is 0. The zero-order valence-electron chi connectivity index (χ0n) is 9.51. The van der Waals surface area contributed by atoms with Crippen molar-refractivity contribution in [1.82, 2.24) is 0 Å². The van der Waals surface area contributed by atoms with E-state index in [0.29, 0.717) is 17.7 Å². The van der Waals surface area contributed by atoms with Gasteiger partial charge in [-0.3, -0.25) is 0 Å². The minimum atomic E-state index is -4.33. The maximum atomic E-state index is 12.4. The van der Waals surface area contributed by atoms with Crippen LogP contribution in [0.5, 0.6) is 0 Å². The fraction of sp³-hybridized carbons (Fsp3) is 0.417. The van der Waals surface area contributed by atoms with Crippen molar-refractivity contribution < 1.29 is 13.2 Å². The van der Waals surface area contributed by atoms with Gasteiger partial charge in [-0.25, -0.2) is 0 Å². The Kier molecular flexibility index (Phi) is 4.28. The first-order valence-corrected chi connectivity index (χ1v) is 5.27. The van der Waals surface area contributed by atoms with Crippen LogP contribution in [-0.4, -0.2) is 11.8 Å². The van der Waals surface area contributed by atoms with Crippen molar-refractivity contribution in [1.29, 1.82) is 5.41 Å². The van der Waals surface area contributed by atoms with Crippen LogP contribution in [0.4, 0.5) is 13.2 Å². The summed E-state index contributed by atoms with van der Waals surface area (Å²) in [6, 6.07) is 4.91. The molecule has 0 heterocycles. The molecule has 0 aliphatic carbocycles. The van der Waals surface area contributed by atoms with E-state index < -0.39 is 11.7 Å². The van der Waals surface area contributed by atoms with Gasteiger partial charge in [0.15, 0.2) is 0 Å². The first kappa shape index (κ1) is 13.7. The molecule has 0 spiro atoms. The van der Waals surface area contributed by atoms with Gasteiger partial charge in [-0.05, 0) is 18.6 Å². The third-order valence-electron chi connectivity index (χ3n) is 2.24. The van der Waals surface area contributed by atoms with Crippen molar-refractivity contribution in [3.05, 3.63) is 35.4 Å². The van der Waals surface area contributed by atoms with E-state index in [1.807, 2.05) is 0 Å². The highest BCUT2D eigenvalue weighted by Crippen LogP contribution is 2.29. The van der Waals surface area contributed by atoms with E-state index in [4.69, 9.17) is 11.1 Å². The van der Waals surface area contributed by atoms with Crippen molar-refractivity contribution in [2.24, 2.45) is 5.73 Å². The van der Waals surface area contributed by atoms with E-state index >= 15 is 0 Å². The highest BCUT2D eigenvalue weighted by Gasteiger charge is 2.30. The first-order chi connectivity index (χ1) is 7.79. The number of benzene rings is 1. The zero-order valence-corrected chi connectivity index (χ0v) is 9.51. The molecule has 0 aromatic heterocycles. The fourth-order valence-electron chi connectivity index (χ4n) is 1.56. The molecule has 0 bridgehead atoms. The maximum Gasteiger partial charge on any atom is 0.416 e. The summed E-state index contributed by atoms with van der Waals surface area (Å²) >= 11 is 0. The van der Waals surface area contributed by atoms with Gasteiger partial charge in [0, 0.05) is 24.6 Å². The van der Waals surface area contributed by atoms with Crippen LogP contribution < -0.4 is 5.73 Å². The van der Waals surface area contributed by atoms with Crippen LogP contribution in [0.1, 0.15) is 24.5 Å². The monoisotopic (exact) mass is 244 g/mol. The molecule has 0 radical (unpaired) electrons. The van der Waals surface area contributed by atoms with Gasteiger partial charge in [-0.1, -0.05) is 18.2 Å². The molecule has 1 aromatic rings. The Bertz CT molecular complexity index is 397. The quantitative estimate of drug-likeness (QED) is 0.786. The summed E-state index contributed by atoms with van der Waals surface area (Å²) in [5, 5.41) is 7.62. The molecule has 0 amide bonds. The molecule has 17 heavy (non-hydrogen) atoms. The Balaban J connectivity index is 2.76. The molecule has 0 unspecified atom stereocenters. The second-order valence-electron chi connectivity index (χ2n) is 4.16. The summed E-state index contributed by atoms with van der Waals surface area (Å²) in [6.45, 7) is 1.76. The summed E-state index contributed by atoms with van der Waals surface area (Å²) in [4.78, 5) is 0. The predicted octanol–water partition coefficient (Wildman–Crippen LogP) is 3.00. The van der Waals surface area contributed by atoms with Crippen molar-refractivity contribution in [2.45, 2.75) is 32.0 Å². The number of halogens is 3. The standard InChI is InChI=1S/C12H15F3N2/c1-8(16)5-11(17)7-9-3-2-4-10(6-9)12(13,14)15/h2-4,6,8,17H,5,7,16H2,1H3/t8-/m0/s1. The Morgan fingerprint density at radius 1 is 1.41 bits per heavy atom. The van der Waals surface area contributed by atoms with Crippen LogP contribution in [0.15, 0.2) is 24.3 Å².